The number of hydrogen-bond acceptors (Lipinski definition) is 4. The third-order valence-corrected chi connectivity index (χ3v) is 2.92. The summed E-state index contributed by atoms with van der Waals surface area (Å²) in [4.78, 5) is 0. The van der Waals surface area contributed by atoms with Crippen LogP contribution in [0.2, 0.25) is 0 Å². The highest BCUT2D eigenvalue weighted by atomic mass is 79.9. The van der Waals surface area contributed by atoms with Crippen LogP contribution in [0, 0.1) is 0 Å². The van der Waals surface area contributed by atoms with Crippen LogP contribution in [0.4, 0.5) is 0 Å². The summed E-state index contributed by atoms with van der Waals surface area (Å²) in [5.74, 6) is 0.808. The van der Waals surface area contributed by atoms with Crippen molar-refractivity contribution in [1.82, 2.24) is 5.32 Å². The van der Waals surface area contributed by atoms with Crippen molar-refractivity contribution in [2.24, 2.45) is 0 Å². The molecule has 4 nitrogen and oxygen atoms in total. The molecule has 0 aliphatic heterocycles. The van der Waals surface area contributed by atoms with Gasteiger partial charge in [0.05, 0.1) is 24.3 Å². The first-order valence-electron chi connectivity index (χ1n) is 6.08. The summed E-state index contributed by atoms with van der Waals surface area (Å²) in [7, 11) is 0. The zero-order valence-electron chi connectivity index (χ0n) is 10.6. The average molecular weight is 318 g/mol. The summed E-state index contributed by atoms with van der Waals surface area (Å²) in [5, 5.41) is 11.8. The van der Waals surface area contributed by atoms with Gasteiger partial charge in [0, 0.05) is 6.54 Å². The highest BCUT2D eigenvalue weighted by Crippen LogP contribution is 2.25. The number of benzene rings is 1. The largest absolute Gasteiger partial charge is 0.490 e. The lowest BCUT2D eigenvalue weighted by Gasteiger charge is -2.10. The Labute approximate surface area is 116 Å². The van der Waals surface area contributed by atoms with E-state index in [4.69, 9.17) is 14.6 Å². The molecule has 0 aromatic heterocycles. The first-order valence-corrected chi connectivity index (χ1v) is 6.87. The van der Waals surface area contributed by atoms with Crippen molar-refractivity contribution in [2.75, 3.05) is 33.0 Å². The predicted octanol–water partition coefficient (Wildman–Crippen LogP) is 1.95. The molecule has 1 aromatic carbocycles. The molecule has 0 spiro atoms. The van der Waals surface area contributed by atoms with Gasteiger partial charge in [-0.15, -0.1) is 0 Å². The van der Waals surface area contributed by atoms with Gasteiger partial charge in [0.15, 0.2) is 0 Å². The normalized spacial score (nSPS) is 10.6. The summed E-state index contributed by atoms with van der Waals surface area (Å²) >= 11 is 3.49. The van der Waals surface area contributed by atoms with E-state index in [1.54, 1.807) is 0 Å². The fraction of sp³-hybridized carbons (Fsp3) is 0.538. The third kappa shape index (κ3) is 5.82. The van der Waals surface area contributed by atoms with Crippen molar-refractivity contribution in [3.63, 3.8) is 0 Å². The topological polar surface area (TPSA) is 50.7 Å². The van der Waals surface area contributed by atoms with Gasteiger partial charge in [-0.05, 0) is 40.2 Å². The van der Waals surface area contributed by atoms with Gasteiger partial charge in [-0.2, -0.15) is 0 Å². The van der Waals surface area contributed by atoms with Gasteiger partial charge in [0.1, 0.15) is 12.4 Å². The maximum absolute atomic E-state index is 8.55. The summed E-state index contributed by atoms with van der Waals surface area (Å²) < 4.78 is 11.6. The lowest BCUT2D eigenvalue weighted by molar-refractivity contribution is 0.0703. The van der Waals surface area contributed by atoms with Gasteiger partial charge < -0.3 is 19.9 Å². The molecule has 5 heteroatoms. The van der Waals surface area contributed by atoms with E-state index in [0.29, 0.717) is 19.8 Å². The minimum atomic E-state index is 0.0445. The molecule has 102 valence electrons. The Kier molecular flexibility index (Phi) is 8.00. The van der Waals surface area contributed by atoms with Gasteiger partial charge in [-0.25, -0.2) is 0 Å². The van der Waals surface area contributed by atoms with Crippen molar-refractivity contribution < 1.29 is 14.6 Å². The van der Waals surface area contributed by atoms with Crippen LogP contribution < -0.4 is 10.1 Å². The van der Waals surface area contributed by atoms with E-state index in [1.807, 2.05) is 18.2 Å². The number of aliphatic hydroxyl groups is 1. The number of hydrogen-bond donors (Lipinski definition) is 2. The van der Waals surface area contributed by atoms with Crippen molar-refractivity contribution in [3.8, 4) is 5.75 Å². The number of ether oxygens (including phenoxy) is 2. The van der Waals surface area contributed by atoms with E-state index < -0.39 is 0 Å². The molecule has 0 atom stereocenters. The smallest absolute Gasteiger partial charge is 0.133 e. The molecule has 0 aliphatic carbocycles. The van der Waals surface area contributed by atoms with E-state index in [2.05, 4.69) is 28.2 Å². The lowest BCUT2D eigenvalue weighted by Crippen LogP contribution is -2.12. The Balaban J connectivity index is 2.37. The highest BCUT2D eigenvalue weighted by Gasteiger charge is 2.02. The predicted molar refractivity (Wildman–Crippen MR) is 74.9 cm³/mol. The number of rotatable bonds is 9. The Hall–Kier alpha value is -0.620. The first-order chi connectivity index (χ1) is 8.77. The quantitative estimate of drug-likeness (QED) is 0.683. The minimum Gasteiger partial charge on any atom is -0.490 e. The average Bonchev–Trinajstić information content (AvgIpc) is 2.38. The second-order valence-corrected chi connectivity index (χ2v) is 4.58. The van der Waals surface area contributed by atoms with E-state index >= 15 is 0 Å². The Morgan fingerprint density at radius 1 is 1.28 bits per heavy atom. The van der Waals surface area contributed by atoms with Crippen LogP contribution in [0.25, 0.3) is 0 Å². The molecule has 1 aromatic rings. The summed E-state index contributed by atoms with van der Waals surface area (Å²) in [5.41, 5.74) is 1.22. The molecule has 0 unspecified atom stereocenters. The van der Waals surface area contributed by atoms with E-state index in [-0.39, 0.29) is 6.61 Å². The van der Waals surface area contributed by atoms with Crippen LogP contribution in [0.5, 0.6) is 5.75 Å². The zero-order valence-corrected chi connectivity index (χ0v) is 12.2. The Morgan fingerprint density at radius 2 is 2.11 bits per heavy atom. The molecular formula is C13H20BrNO3. The number of aliphatic hydroxyl groups excluding tert-OH is 1. The lowest BCUT2D eigenvalue weighted by atomic mass is 10.2. The number of nitrogens with one attached hydrogen (secondary N) is 1. The molecule has 0 amide bonds. The van der Waals surface area contributed by atoms with Gasteiger partial charge in [0.25, 0.3) is 0 Å². The standard InChI is InChI=1S/C13H20BrNO3/c1-2-15-10-11-3-4-13(12(14)9-11)18-8-7-17-6-5-16/h3-4,9,15-16H,2,5-8,10H2,1H3. The molecule has 0 saturated heterocycles. The monoisotopic (exact) mass is 317 g/mol. The summed E-state index contributed by atoms with van der Waals surface area (Å²) in [6, 6.07) is 6.03. The van der Waals surface area contributed by atoms with Crippen molar-refractivity contribution in [3.05, 3.63) is 28.2 Å². The second-order valence-electron chi connectivity index (χ2n) is 3.73. The summed E-state index contributed by atoms with van der Waals surface area (Å²) in [6.45, 7) is 5.25. The molecule has 0 heterocycles. The fourth-order valence-corrected chi connectivity index (χ4v) is 1.96. The number of halogens is 1. The SMILES string of the molecule is CCNCc1ccc(OCCOCCO)c(Br)c1. The molecule has 18 heavy (non-hydrogen) atoms. The van der Waals surface area contributed by atoms with Gasteiger partial charge in [0.2, 0.25) is 0 Å². The molecule has 2 N–H and O–H groups in total. The van der Waals surface area contributed by atoms with Gasteiger partial charge >= 0.3 is 0 Å². The zero-order chi connectivity index (χ0) is 13.2. The second kappa shape index (κ2) is 9.33. The van der Waals surface area contributed by atoms with Crippen LogP contribution in [0.3, 0.4) is 0 Å². The first kappa shape index (κ1) is 15.4. The molecule has 0 saturated carbocycles. The molecule has 0 radical (unpaired) electrons. The van der Waals surface area contributed by atoms with Crippen molar-refractivity contribution in [2.45, 2.75) is 13.5 Å². The van der Waals surface area contributed by atoms with Gasteiger partial charge in [-0.1, -0.05) is 13.0 Å². The van der Waals surface area contributed by atoms with Crippen molar-refractivity contribution in [1.29, 1.82) is 0 Å². The highest BCUT2D eigenvalue weighted by molar-refractivity contribution is 9.10. The Morgan fingerprint density at radius 3 is 2.78 bits per heavy atom. The molecular weight excluding hydrogens is 298 g/mol. The van der Waals surface area contributed by atoms with Gasteiger partial charge in [-0.3, -0.25) is 0 Å². The molecule has 0 aliphatic rings. The van der Waals surface area contributed by atoms with Crippen LogP contribution in [0.1, 0.15) is 12.5 Å². The van der Waals surface area contributed by atoms with Crippen LogP contribution >= 0.6 is 15.9 Å². The van der Waals surface area contributed by atoms with Crippen LogP contribution in [0.15, 0.2) is 22.7 Å². The maximum Gasteiger partial charge on any atom is 0.133 e. The Bertz CT molecular complexity index is 347. The third-order valence-electron chi connectivity index (χ3n) is 2.30. The van der Waals surface area contributed by atoms with Crippen LogP contribution in [-0.2, 0) is 11.3 Å². The molecule has 0 fully saturated rings. The maximum atomic E-state index is 8.55. The van der Waals surface area contributed by atoms with Crippen molar-refractivity contribution >= 4 is 15.9 Å². The summed E-state index contributed by atoms with van der Waals surface area (Å²) in [6.07, 6.45) is 0. The minimum absolute atomic E-state index is 0.0445. The molecule has 1 rings (SSSR count). The van der Waals surface area contributed by atoms with E-state index in [1.165, 1.54) is 5.56 Å². The molecule has 0 bridgehead atoms. The van der Waals surface area contributed by atoms with E-state index in [0.717, 1.165) is 23.3 Å². The van der Waals surface area contributed by atoms with Crippen LogP contribution in [-0.4, -0.2) is 38.1 Å². The van der Waals surface area contributed by atoms with E-state index in [9.17, 15) is 0 Å². The fourth-order valence-electron chi connectivity index (χ4n) is 1.42.